The summed E-state index contributed by atoms with van der Waals surface area (Å²) in [6.45, 7) is 1.96. The lowest BCUT2D eigenvalue weighted by atomic mass is 9.99. The van der Waals surface area contributed by atoms with E-state index in [2.05, 4.69) is 27.2 Å². The molecule has 0 aliphatic carbocycles. The van der Waals surface area contributed by atoms with Crippen LogP contribution in [0.2, 0.25) is 0 Å². The minimum absolute atomic E-state index is 0.132. The van der Waals surface area contributed by atoms with Crippen LogP contribution in [0.15, 0.2) is 18.5 Å². The number of aromatic nitrogens is 4. The summed E-state index contributed by atoms with van der Waals surface area (Å²) >= 11 is 4.69. The first-order chi connectivity index (χ1) is 15.0. The molecule has 0 amide bonds. The highest BCUT2D eigenvalue weighted by Crippen LogP contribution is 2.40. The van der Waals surface area contributed by atoms with Gasteiger partial charge in [-0.1, -0.05) is 22.7 Å². The highest BCUT2D eigenvalue weighted by molar-refractivity contribution is 7.29. The van der Waals surface area contributed by atoms with Gasteiger partial charge in [-0.3, -0.25) is 0 Å². The zero-order valence-electron chi connectivity index (χ0n) is 17.2. The van der Waals surface area contributed by atoms with Crippen molar-refractivity contribution in [3.63, 3.8) is 0 Å². The van der Waals surface area contributed by atoms with Gasteiger partial charge in [-0.2, -0.15) is 0 Å². The van der Waals surface area contributed by atoms with E-state index >= 15 is 0 Å². The second-order valence-electron chi connectivity index (χ2n) is 8.34. The number of nitrogens with zero attached hydrogens (tertiary/aromatic N) is 5. The van der Waals surface area contributed by atoms with Gasteiger partial charge in [0.2, 0.25) is 0 Å². The van der Waals surface area contributed by atoms with E-state index in [0.717, 1.165) is 30.2 Å². The van der Waals surface area contributed by atoms with E-state index in [-0.39, 0.29) is 5.75 Å². The second-order valence-corrected chi connectivity index (χ2v) is 11.5. The molecule has 6 heterocycles. The maximum Gasteiger partial charge on any atom is 0.188 e. The molecule has 2 aliphatic rings. The Morgan fingerprint density at radius 2 is 1.81 bits per heavy atom. The molecular weight excluding hydrogens is 448 g/mol. The minimum Gasteiger partial charge on any atom is -0.506 e. The third kappa shape index (κ3) is 3.51. The predicted octanol–water partition coefficient (Wildman–Crippen LogP) is 4.67. The van der Waals surface area contributed by atoms with Crippen LogP contribution in [0.5, 0.6) is 5.75 Å². The van der Waals surface area contributed by atoms with Crippen LogP contribution in [0.25, 0.3) is 30.8 Å². The van der Waals surface area contributed by atoms with Gasteiger partial charge in [0.15, 0.2) is 14.8 Å². The molecule has 31 heavy (non-hydrogen) atoms. The van der Waals surface area contributed by atoms with E-state index in [1.54, 1.807) is 34.9 Å². The van der Waals surface area contributed by atoms with E-state index < -0.39 is 0 Å². The van der Waals surface area contributed by atoms with Crippen molar-refractivity contribution < 1.29 is 5.11 Å². The van der Waals surface area contributed by atoms with Crippen LogP contribution < -0.4 is 10.2 Å². The number of hydrogen-bond acceptors (Lipinski definition) is 10. The van der Waals surface area contributed by atoms with E-state index in [1.165, 1.54) is 37.0 Å². The third-order valence-corrected chi connectivity index (χ3v) is 9.32. The summed E-state index contributed by atoms with van der Waals surface area (Å²) < 4.78 is 0. The van der Waals surface area contributed by atoms with Crippen molar-refractivity contribution in [1.82, 2.24) is 25.3 Å². The Morgan fingerprint density at radius 3 is 2.48 bits per heavy atom. The second kappa shape index (κ2) is 7.47. The topological polar surface area (TPSA) is 87.1 Å². The summed E-state index contributed by atoms with van der Waals surface area (Å²) in [6.07, 6.45) is 8.54. The summed E-state index contributed by atoms with van der Waals surface area (Å²) in [5, 5.41) is 17.0. The number of rotatable bonds is 4. The lowest BCUT2D eigenvalue weighted by Crippen LogP contribution is -2.47. The summed E-state index contributed by atoms with van der Waals surface area (Å²) in [7, 11) is 2.16. The Kier molecular flexibility index (Phi) is 4.71. The molecule has 0 radical (unpaired) electrons. The highest BCUT2D eigenvalue weighted by Gasteiger charge is 2.36. The summed E-state index contributed by atoms with van der Waals surface area (Å²) in [6, 6.07) is 3.58. The number of aryl methyl sites for hydroxylation is 1. The monoisotopic (exact) mass is 470 g/mol. The van der Waals surface area contributed by atoms with Crippen LogP contribution in [0.1, 0.15) is 30.7 Å². The molecule has 4 aromatic heterocycles. The van der Waals surface area contributed by atoms with Gasteiger partial charge in [-0.15, -0.1) is 11.3 Å². The fourth-order valence-corrected chi connectivity index (χ4v) is 7.47. The maximum absolute atomic E-state index is 10.6. The number of fused-ring (bicyclic) bond motifs is 3. The zero-order valence-corrected chi connectivity index (χ0v) is 19.7. The number of pyridine rings is 1. The van der Waals surface area contributed by atoms with Crippen molar-refractivity contribution in [2.24, 2.45) is 0 Å². The lowest BCUT2D eigenvalue weighted by Gasteiger charge is -2.35. The third-order valence-electron chi connectivity index (χ3n) is 6.24. The smallest absolute Gasteiger partial charge is 0.188 e. The SMILES string of the molecule is Cc1ncc(-c2cnc(-c3nc4sc(N(C)C5C[C@H]6CC[C@@H](C5)N6)nc4s3)c(O)c2)s1. The quantitative estimate of drug-likeness (QED) is 0.448. The molecule has 7 nitrogen and oxygen atoms in total. The molecule has 2 N–H and O–H groups in total. The van der Waals surface area contributed by atoms with Crippen LogP contribution in [-0.2, 0) is 0 Å². The van der Waals surface area contributed by atoms with Gasteiger partial charge in [-0.05, 0) is 38.7 Å². The molecule has 2 bridgehead atoms. The maximum atomic E-state index is 10.6. The molecule has 2 fully saturated rings. The standard InChI is InChI=1S/C21H22N6OS3/c1-10-22-9-16(29-10)11-5-15(28)17(23-8-11)18-25-19-20(30-18)26-21(31-19)27(2)14-6-12-3-4-13(7-14)24-12/h5,8-9,12-14,24,28H,3-4,6-7H2,1-2H3/t12-,13+,14?. The summed E-state index contributed by atoms with van der Waals surface area (Å²) in [5.74, 6) is 0.132. The van der Waals surface area contributed by atoms with Crippen LogP contribution in [0.4, 0.5) is 5.13 Å². The van der Waals surface area contributed by atoms with Crippen LogP contribution in [0, 0.1) is 6.92 Å². The van der Waals surface area contributed by atoms with Gasteiger partial charge >= 0.3 is 0 Å². The van der Waals surface area contributed by atoms with Gasteiger partial charge in [-0.25, -0.2) is 19.9 Å². The lowest BCUT2D eigenvalue weighted by molar-refractivity contribution is 0.354. The first-order valence-corrected chi connectivity index (χ1v) is 12.9. The van der Waals surface area contributed by atoms with Crippen LogP contribution in [0.3, 0.4) is 0 Å². The molecule has 160 valence electrons. The number of anilines is 1. The number of piperidine rings is 1. The first kappa shape index (κ1) is 19.5. The van der Waals surface area contributed by atoms with Crippen molar-refractivity contribution in [3.05, 3.63) is 23.5 Å². The van der Waals surface area contributed by atoms with Crippen molar-refractivity contribution in [2.75, 3.05) is 11.9 Å². The van der Waals surface area contributed by atoms with Crippen molar-refractivity contribution in [1.29, 1.82) is 0 Å². The molecule has 10 heteroatoms. The van der Waals surface area contributed by atoms with Crippen molar-refractivity contribution in [3.8, 4) is 26.9 Å². The number of aromatic hydroxyl groups is 1. The van der Waals surface area contributed by atoms with Gasteiger partial charge in [0.1, 0.15) is 16.5 Å². The highest BCUT2D eigenvalue weighted by atomic mass is 32.1. The van der Waals surface area contributed by atoms with Gasteiger partial charge < -0.3 is 15.3 Å². The Bertz CT molecular complexity index is 1220. The van der Waals surface area contributed by atoms with Gasteiger partial charge in [0.05, 0.1) is 9.88 Å². The number of hydrogen-bond donors (Lipinski definition) is 2. The average molecular weight is 471 g/mol. The molecule has 6 rings (SSSR count). The van der Waals surface area contributed by atoms with E-state index in [0.29, 0.717) is 28.8 Å². The molecule has 1 unspecified atom stereocenters. The number of thiazole rings is 3. The zero-order chi connectivity index (χ0) is 21.1. The molecule has 0 spiro atoms. The van der Waals surface area contributed by atoms with Crippen molar-refractivity contribution in [2.45, 2.75) is 50.7 Å². The molecular formula is C21H22N6OS3. The predicted molar refractivity (Wildman–Crippen MR) is 127 cm³/mol. The molecule has 0 saturated carbocycles. The van der Waals surface area contributed by atoms with E-state index in [4.69, 9.17) is 9.97 Å². The van der Waals surface area contributed by atoms with Crippen LogP contribution >= 0.6 is 34.0 Å². The molecule has 4 aromatic rings. The Hall–Kier alpha value is -2.14. The van der Waals surface area contributed by atoms with E-state index in [1.807, 2.05) is 13.1 Å². The first-order valence-electron chi connectivity index (χ1n) is 10.4. The fraction of sp³-hybridized carbons (Fsp3) is 0.429. The Labute approximate surface area is 191 Å². The summed E-state index contributed by atoms with van der Waals surface area (Å²) in [5.41, 5.74) is 1.37. The minimum atomic E-state index is 0.132. The molecule has 3 atom stereocenters. The average Bonchev–Trinajstić information content (AvgIpc) is 3.51. The fourth-order valence-electron chi connectivity index (χ4n) is 4.63. The molecule has 2 aliphatic heterocycles. The van der Waals surface area contributed by atoms with Crippen LogP contribution in [-0.4, -0.2) is 50.2 Å². The van der Waals surface area contributed by atoms with E-state index in [9.17, 15) is 5.11 Å². The van der Waals surface area contributed by atoms with Crippen molar-refractivity contribution >= 4 is 48.8 Å². The van der Waals surface area contributed by atoms with Gasteiger partial charge in [0.25, 0.3) is 0 Å². The Morgan fingerprint density at radius 1 is 1.03 bits per heavy atom. The number of nitrogens with one attached hydrogen (secondary N) is 1. The largest absolute Gasteiger partial charge is 0.506 e. The normalized spacial score (nSPS) is 23.0. The Balaban J connectivity index is 1.25. The molecule has 0 aromatic carbocycles. The van der Waals surface area contributed by atoms with Gasteiger partial charge in [0, 0.05) is 43.1 Å². The summed E-state index contributed by atoms with van der Waals surface area (Å²) in [4.78, 5) is 23.5. The molecule has 2 saturated heterocycles.